The maximum Gasteiger partial charge on any atom is 0.335 e. The summed E-state index contributed by atoms with van der Waals surface area (Å²) in [4.78, 5) is 38.3. The lowest BCUT2D eigenvalue weighted by atomic mass is 10.1. The molecule has 1 heterocycles. The van der Waals surface area contributed by atoms with Crippen LogP contribution in [0.3, 0.4) is 0 Å². The van der Waals surface area contributed by atoms with Crippen LogP contribution < -0.4 is 19.7 Å². The number of amides is 4. The van der Waals surface area contributed by atoms with Crippen LogP contribution in [-0.4, -0.2) is 31.6 Å². The molecule has 0 aliphatic carbocycles. The quantitative estimate of drug-likeness (QED) is 0.426. The lowest BCUT2D eigenvalue weighted by molar-refractivity contribution is -0.122. The second kappa shape index (κ2) is 8.63. The number of nitrogens with zero attached hydrogens (tertiary/aromatic N) is 1. The van der Waals surface area contributed by atoms with Crippen molar-refractivity contribution in [2.75, 3.05) is 18.6 Å². The third-order valence-electron chi connectivity index (χ3n) is 4.01. The Labute approximate surface area is 175 Å². The van der Waals surface area contributed by atoms with Crippen molar-refractivity contribution in [1.82, 2.24) is 5.32 Å². The number of carbonyl (C=O) groups is 3. The average molecular weight is 455 g/mol. The molecule has 0 atom stereocenters. The summed E-state index contributed by atoms with van der Waals surface area (Å²) in [6, 6.07) is 10.5. The van der Waals surface area contributed by atoms with Crippen molar-refractivity contribution >= 4 is 45.5 Å². The van der Waals surface area contributed by atoms with Gasteiger partial charge in [-0.05, 0) is 64.0 Å². The molecule has 146 valence electrons. The first kappa shape index (κ1) is 20.2. The maximum absolute atomic E-state index is 12.9. The molecule has 1 N–H and O–H groups in total. The van der Waals surface area contributed by atoms with Crippen molar-refractivity contribution in [2.45, 2.75) is 0 Å². The predicted molar refractivity (Wildman–Crippen MR) is 110 cm³/mol. The van der Waals surface area contributed by atoms with E-state index in [0.717, 1.165) is 4.90 Å². The number of ether oxygens (including phenoxy) is 2. The first-order valence-corrected chi connectivity index (χ1v) is 9.15. The molecule has 7 nitrogen and oxygen atoms in total. The molecule has 0 unspecified atom stereocenters. The number of rotatable bonds is 5. The Kier molecular flexibility index (Phi) is 6.00. The largest absolute Gasteiger partial charge is 0.497 e. The summed E-state index contributed by atoms with van der Waals surface area (Å²) in [5.74, 6) is 1.97. The van der Waals surface area contributed by atoms with E-state index < -0.39 is 17.8 Å². The summed E-state index contributed by atoms with van der Waals surface area (Å²) in [6.45, 7) is 0.110. The van der Waals surface area contributed by atoms with E-state index in [1.54, 1.807) is 42.5 Å². The Hall–Kier alpha value is -3.57. The Morgan fingerprint density at radius 3 is 2.52 bits per heavy atom. The minimum absolute atomic E-state index is 0.110. The minimum Gasteiger partial charge on any atom is -0.497 e. The highest BCUT2D eigenvalue weighted by molar-refractivity contribution is 9.10. The van der Waals surface area contributed by atoms with Crippen LogP contribution in [0.1, 0.15) is 5.56 Å². The summed E-state index contributed by atoms with van der Waals surface area (Å²) >= 11 is 3.36. The van der Waals surface area contributed by atoms with Crippen molar-refractivity contribution in [1.29, 1.82) is 0 Å². The molecule has 1 fully saturated rings. The van der Waals surface area contributed by atoms with Gasteiger partial charge in [-0.2, -0.15) is 0 Å². The number of methoxy groups -OCH3 is 1. The summed E-state index contributed by atoms with van der Waals surface area (Å²) in [6.07, 6.45) is 6.58. The minimum atomic E-state index is -0.818. The molecule has 1 aliphatic rings. The van der Waals surface area contributed by atoms with E-state index in [-0.39, 0.29) is 12.2 Å². The molecule has 0 spiro atoms. The van der Waals surface area contributed by atoms with Gasteiger partial charge in [0.1, 0.15) is 23.7 Å². The number of anilines is 1. The second-order valence-electron chi connectivity index (χ2n) is 5.84. The lowest BCUT2D eigenvalue weighted by Gasteiger charge is -2.26. The van der Waals surface area contributed by atoms with Crippen LogP contribution >= 0.6 is 15.9 Å². The van der Waals surface area contributed by atoms with Gasteiger partial charge < -0.3 is 9.47 Å². The molecule has 3 rings (SSSR count). The van der Waals surface area contributed by atoms with E-state index in [2.05, 4.69) is 27.2 Å². The number of hydrogen-bond acceptors (Lipinski definition) is 5. The normalized spacial score (nSPS) is 15.1. The Morgan fingerprint density at radius 1 is 1.17 bits per heavy atom. The first-order chi connectivity index (χ1) is 13.9. The van der Waals surface area contributed by atoms with Crippen molar-refractivity contribution in [3.63, 3.8) is 0 Å². The zero-order chi connectivity index (χ0) is 21.0. The van der Waals surface area contributed by atoms with Crippen LogP contribution in [0, 0.1) is 12.3 Å². The van der Waals surface area contributed by atoms with E-state index in [1.165, 1.54) is 13.2 Å². The summed E-state index contributed by atoms with van der Waals surface area (Å²) in [5.41, 5.74) is 0.697. The summed E-state index contributed by atoms with van der Waals surface area (Å²) in [7, 11) is 1.51. The number of nitrogens with one attached hydrogen (secondary N) is 1. The van der Waals surface area contributed by atoms with Crippen LogP contribution in [0.2, 0.25) is 0 Å². The Balaban J connectivity index is 1.92. The lowest BCUT2D eigenvalue weighted by Crippen LogP contribution is -2.54. The number of terminal acetylenes is 1. The summed E-state index contributed by atoms with van der Waals surface area (Å²) < 4.78 is 11.1. The van der Waals surface area contributed by atoms with Gasteiger partial charge in [-0.15, -0.1) is 6.42 Å². The topological polar surface area (TPSA) is 84.9 Å². The smallest absolute Gasteiger partial charge is 0.335 e. The fourth-order valence-electron chi connectivity index (χ4n) is 2.63. The van der Waals surface area contributed by atoms with Gasteiger partial charge in [-0.1, -0.05) is 12.0 Å². The Bertz CT molecular complexity index is 1050. The standard InChI is InChI=1S/C21H15BrN2O5/c1-3-10-29-18-9-4-13(12-17(18)22)11-16-19(25)23-21(27)24(20(16)26)14-5-7-15(28-2)8-6-14/h1,4-9,11-12H,10H2,2H3,(H,23,25,27)/b16-11+. The molecular weight excluding hydrogens is 440 g/mol. The number of carbonyl (C=O) groups excluding carboxylic acids is 3. The maximum atomic E-state index is 12.9. The van der Waals surface area contributed by atoms with Gasteiger partial charge >= 0.3 is 6.03 Å². The zero-order valence-electron chi connectivity index (χ0n) is 15.3. The van der Waals surface area contributed by atoms with Gasteiger partial charge in [-0.25, -0.2) is 9.69 Å². The highest BCUT2D eigenvalue weighted by Gasteiger charge is 2.36. The number of halogens is 1. The molecule has 0 saturated carbocycles. The molecule has 4 amide bonds. The SMILES string of the molecule is C#CCOc1ccc(/C=C2\C(=O)NC(=O)N(c3ccc(OC)cc3)C2=O)cc1Br. The van der Waals surface area contributed by atoms with Crippen LogP contribution in [0.15, 0.2) is 52.5 Å². The highest BCUT2D eigenvalue weighted by atomic mass is 79.9. The van der Waals surface area contributed by atoms with Crippen LogP contribution in [0.4, 0.5) is 10.5 Å². The van der Waals surface area contributed by atoms with E-state index in [4.69, 9.17) is 15.9 Å². The van der Waals surface area contributed by atoms with Crippen molar-refractivity contribution in [3.8, 4) is 23.8 Å². The van der Waals surface area contributed by atoms with E-state index in [9.17, 15) is 14.4 Å². The fraction of sp³-hybridized carbons (Fsp3) is 0.0952. The molecule has 8 heteroatoms. The second-order valence-corrected chi connectivity index (χ2v) is 6.69. The molecular formula is C21H15BrN2O5. The third-order valence-corrected chi connectivity index (χ3v) is 4.63. The van der Waals surface area contributed by atoms with Gasteiger partial charge in [0.2, 0.25) is 0 Å². The van der Waals surface area contributed by atoms with E-state index >= 15 is 0 Å². The molecule has 29 heavy (non-hydrogen) atoms. The van der Waals surface area contributed by atoms with Gasteiger partial charge in [0, 0.05) is 0 Å². The van der Waals surface area contributed by atoms with E-state index in [0.29, 0.717) is 27.2 Å². The van der Waals surface area contributed by atoms with Gasteiger partial charge in [0.05, 0.1) is 17.3 Å². The first-order valence-electron chi connectivity index (χ1n) is 8.36. The number of hydrogen-bond donors (Lipinski definition) is 1. The van der Waals surface area contributed by atoms with Crippen LogP contribution in [0.5, 0.6) is 11.5 Å². The number of imide groups is 2. The fourth-order valence-corrected chi connectivity index (χ4v) is 3.14. The highest BCUT2D eigenvalue weighted by Crippen LogP contribution is 2.28. The number of urea groups is 1. The number of barbiturate groups is 1. The van der Waals surface area contributed by atoms with Crippen molar-refractivity contribution in [2.24, 2.45) is 0 Å². The summed E-state index contributed by atoms with van der Waals surface area (Å²) in [5, 5.41) is 2.18. The van der Waals surface area contributed by atoms with E-state index in [1.807, 2.05) is 0 Å². The van der Waals surface area contributed by atoms with Crippen molar-refractivity contribution in [3.05, 3.63) is 58.1 Å². The van der Waals surface area contributed by atoms with Gasteiger partial charge in [0.25, 0.3) is 11.8 Å². The molecule has 0 radical (unpaired) electrons. The van der Waals surface area contributed by atoms with Crippen LogP contribution in [-0.2, 0) is 9.59 Å². The average Bonchev–Trinajstić information content (AvgIpc) is 2.71. The Morgan fingerprint density at radius 2 is 1.90 bits per heavy atom. The number of benzene rings is 2. The molecule has 1 saturated heterocycles. The van der Waals surface area contributed by atoms with Gasteiger partial charge in [-0.3, -0.25) is 14.9 Å². The predicted octanol–water partition coefficient (Wildman–Crippen LogP) is 3.14. The van der Waals surface area contributed by atoms with Crippen LogP contribution in [0.25, 0.3) is 6.08 Å². The zero-order valence-corrected chi connectivity index (χ0v) is 16.9. The molecule has 2 aromatic rings. The van der Waals surface area contributed by atoms with Gasteiger partial charge in [0.15, 0.2) is 0 Å². The molecule has 2 aromatic carbocycles. The third kappa shape index (κ3) is 4.31. The molecule has 0 bridgehead atoms. The van der Waals surface area contributed by atoms with Crippen molar-refractivity contribution < 1.29 is 23.9 Å². The molecule has 0 aromatic heterocycles. The molecule has 1 aliphatic heterocycles. The monoisotopic (exact) mass is 454 g/mol.